The summed E-state index contributed by atoms with van der Waals surface area (Å²) < 4.78 is 1.02. The number of hydrogen-bond donors (Lipinski definition) is 1. The lowest BCUT2D eigenvalue weighted by atomic mass is 10.0. The zero-order valence-corrected chi connectivity index (χ0v) is 12.5. The van der Waals surface area contributed by atoms with Gasteiger partial charge < -0.3 is 10.2 Å². The number of rotatable bonds is 3. The second-order valence-corrected chi connectivity index (χ2v) is 6.37. The molecule has 1 N–H and O–H groups in total. The molecule has 0 spiro atoms. The predicted molar refractivity (Wildman–Crippen MR) is 82.7 cm³/mol. The monoisotopic (exact) mass is 297 g/mol. The van der Waals surface area contributed by atoms with E-state index in [4.69, 9.17) is 10.5 Å². The normalized spacial score (nSPS) is 19.2. The van der Waals surface area contributed by atoms with Crippen LogP contribution in [-0.2, 0) is 0 Å². The van der Waals surface area contributed by atoms with Gasteiger partial charge in [0.2, 0.25) is 0 Å². The second-order valence-electron chi connectivity index (χ2n) is 5.34. The number of benzene rings is 1. The van der Waals surface area contributed by atoms with E-state index in [-0.39, 0.29) is 6.04 Å². The molecule has 0 aliphatic carbocycles. The molecule has 0 radical (unpaired) electrons. The molecule has 106 valence electrons. The van der Waals surface area contributed by atoms with Gasteiger partial charge in [0.15, 0.2) is 11.3 Å². The molecule has 1 aromatic carbocycles. The van der Waals surface area contributed by atoms with Crippen molar-refractivity contribution in [2.75, 3.05) is 18.4 Å². The Hall–Kier alpha value is -2.31. The molecule has 2 heterocycles. The van der Waals surface area contributed by atoms with E-state index in [9.17, 15) is 0 Å². The lowest BCUT2D eigenvalue weighted by Gasteiger charge is -2.19. The van der Waals surface area contributed by atoms with Gasteiger partial charge in [-0.3, -0.25) is 0 Å². The molecule has 0 bridgehead atoms. The van der Waals surface area contributed by atoms with Crippen LogP contribution in [0.1, 0.15) is 18.9 Å². The van der Waals surface area contributed by atoms with Crippen molar-refractivity contribution in [2.45, 2.75) is 19.4 Å². The largest absolute Gasteiger partial charge is 0.359 e. The number of nitrogens with zero attached hydrogens (tertiary/aromatic N) is 4. The van der Waals surface area contributed by atoms with Gasteiger partial charge in [-0.25, -0.2) is 4.98 Å². The predicted octanol–water partition coefficient (Wildman–Crippen LogP) is 2.77. The zero-order valence-electron chi connectivity index (χ0n) is 11.7. The van der Waals surface area contributed by atoms with Crippen molar-refractivity contribution in [3.05, 3.63) is 23.8 Å². The maximum Gasteiger partial charge on any atom is 0.184 e. The molecular formula is C15H15N5S. The molecule has 1 aliphatic rings. The molecule has 1 saturated heterocycles. The number of nitriles is 2. The molecule has 1 fully saturated rings. The van der Waals surface area contributed by atoms with Crippen molar-refractivity contribution in [1.82, 2.24) is 9.88 Å². The van der Waals surface area contributed by atoms with Crippen molar-refractivity contribution in [3.63, 3.8) is 0 Å². The van der Waals surface area contributed by atoms with Crippen LogP contribution in [0.2, 0.25) is 0 Å². The van der Waals surface area contributed by atoms with E-state index in [0.717, 1.165) is 34.9 Å². The highest BCUT2D eigenvalue weighted by atomic mass is 32.1. The average Bonchev–Trinajstić information content (AvgIpc) is 3.12. The minimum Gasteiger partial charge on any atom is -0.359 e. The van der Waals surface area contributed by atoms with Gasteiger partial charge in [-0.2, -0.15) is 10.5 Å². The number of nitrogens with one attached hydrogen (secondary N) is 1. The van der Waals surface area contributed by atoms with Crippen LogP contribution >= 0.6 is 11.3 Å². The Morgan fingerprint density at radius 3 is 3.05 bits per heavy atom. The first-order chi connectivity index (χ1) is 10.2. The van der Waals surface area contributed by atoms with Gasteiger partial charge in [0.1, 0.15) is 0 Å². The molecule has 21 heavy (non-hydrogen) atoms. The Kier molecular flexibility index (Phi) is 3.64. The summed E-state index contributed by atoms with van der Waals surface area (Å²) >= 11 is 1.57. The highest BCUT2D eigenvalue weighted by Gasteiger charge is 2.26. The van der Waals surface area contributed by atoms with Crippen molar-refractivity contribution >= 4 is 26.7 Å². The molecule has 1 aliphatic heterocycles. The Morgan fingerprint density at radius 1 is 1.48 bits per heavy atom. The lowest BCUT2D eigenvalue weighted by molar-refractivity contribution is 0.432. The fraction of sp³-hybridized carbons (Fsp3) is 0.400. The number of anilines is 1. The van der Waals surface area contributed by atoms with Crippen LogP contribution in [0.25, 0.3) is 10.2 Å². The minimum absolute atomic E-state index is 0.277. The molecule has 0 saturated carbocycles. The molecule has 2 unspecified atom stereocenters. The van der Waals surface area contributed by atoms with E-state index >= 15 is 0 Å². The first-order valence-electron chi connectivity index (χ1n) is 6.91. The third kappa shape index (κ3) is 2.76. The van der Waals surface area contributed by atoms with Gasteiger partial charge in [0.05, 0.1) is 21.8 Å². The molecule has 6 heteroatoms. The third-order valence-electron chi connectivity index (χ3n) is 3.94. The summed E-state index contributed by atoms with van der Waals surface area (Å²) in [5, 5.41) is 22.2. The summed E-state index contributed by atoms with van der Waals surface area (Å²) in [5.74, 6) is 0.464. The van der Waals surface area contributed by atoms with Crippen LogP contribution in [0, 0.1) is 28.7 Å². The van der Waals surface area contributed by atoms with Crippen molar-refractivity contribution in [1.29, 1.82) is 10.5 Å². The van der Waals surface area contributed by atoms with E-state index in [1.54, 1.807) is 22.3 Å². The summed E-state index contributed by atoms with van der Waals surface area (Å²) in [6.07, 6.45) is 3.24. The smallest absolute Gasteiger partial charge is 0.184 e. The van der Waals surface area contributed by atoms with Crippen LogP contribution in [0.3, 0.4) is 0 Å². The van der Waals surface area contributed by atoms with Crippen LogP contribution < -0.4 is 5.32 Å². The Bertz CT molecular complexity index is 739. The van der Waals surface area contributed by atoms with Crippen LogP contribution in [0.15, 0.2) is 18.2 Å². The first kappa shape index (κ1) is 13.7. The minimum atomic E-state index is 0.277. The van der Waals surface area contributed by atoms with Crippen LogP contribution in [-0.4, -0.2) is 29.0 Å². The van der Waals surface area contributed by atoms with Gasteiger partial charge in [0, 0.05) is 19.1 Å². The fourth-order valence-corrected chi connectivity index (χ4v) is 3.66. The molecule has 2 aromatic rings. The SMILES string of the molecule is CC(Nc1nc2ccc(C#N)cc2s1)C1CCN(C#N)C1. The molecule has 0 amide bonds. The number of aromatic nitrogens is 1. The highest BCUT2D eigenvalue weighted by molar-refractivity contribution is 7.22. The maximum atomic E-state index is 8.93. The topological polar surface area (TPSA) is 75.7 Å². The van der Waals surface area contributed by atoms with Crippen LogP contribution in [0.5, 0.6) is 0 Å². The summed E-state index contributed by atoms with van der Waals surface area (Å²) in [6.45, 7) is 3.80. The standard InChI is InChI=1S/C15H15N5S/c1-10(12-4-5-20(8-12)9-17)18-15-19-13-3-2-11(7-16)6-14(13)21-15/h2-3,6,10,12H,4-5,8H2,1H3,(H,18,19). The molecule has 5 nitrogen and oxygen atoms in total. The molecule has 2 atom stereocenters. The molecular weight excluding hydrogens is 282 g/mol. The van der Waals surface area contributed by atoms with Crippen molar-refractivity contribution in [3.8, 4) is 12.3 Å². The molecule has 1 aromatic heterocycles. The Labute approximate surface area is 127 Å². The number of fused-ring (bicyclic) bond motifs is 1. The second kappa shape index (κ2) is 5.59. The Balaban J connectivity index is 1.73. The van der Waals surface area contributed by atoms with Crippen molar-refractivity contribution < 1.29 is 0 Å². The highest BCUT2D eigenvalue weighted by Crippen LogP contribution is 2.29. The third-order valence-corrected chi connectivity index (χ3v) is 4.89. The fourth-order valence-electron chi connectivity index (χ4n) is 2.65. The Morgan fingerprint density at radius 2 is 2.33 bits per heavy atom. The summed E-state index contributed by atoms with van der Waals surface area (Å²) in [7, 11) is 0. The van der Waals surface area contributed by atoms with E-state index < -0.39 is 0 Å². The summed E-state index contributed by atoms with van der Waals surface area (Å²) in [5.41, 5.74) is 1.57. The van der Waals surface area contributed by atoms with Crippen LogP contribution in [0.4, 0.5) is 5.13 Å². The van der Waals surface area contributed by atoms with Gasteiger partial charge in [0.25, 0.3) is 0 Å². The van der Waals surface area contributed by atoms with Gasteiger partial charge in [-0.15, -0.1) is 0 Å². The molecule has 3 rings (SSSR count). The van der Waals surface area contributed by atoms with Gasteiger partial charge in [-0.1, -0.05) is 11.3 Å². The first-order valence-corrected chi connectivity index (χ1v) is 7.73. The van der Waals surface area contributed by atoms with Gasteiger partial charge in [-0.05, 0) is 37.5 Å². The quantitative estimate of drug-likeness (QED) is 0.882. The lowest BCUT2D eigenvalue weighted by Crippen LogP contribution is -2.27. The summed E-state index contributed by atoms with van der Waals surface area (Å²) in [6, 6.07) is 7.97. The summed E-state index contributed by atoms with van der Waals surface area (Å²) in [4.78, 5) is 6.36. The van der Waals surface area contributed by atoms with Gasteiger partial charge >= 0.3 is 0 Å². The van der Waals surface area contributed by atoms with E-state index in [2.05, 4.69) is 29.5 Å². The van der Waals surface area contributed by atoms with Crippen molar-refractivity contribution in [2.24, 2.45) is 5.92 Å². The number of likely N-dealkylation sites (tertiary alicyclic amines) is 1. The zero-order chi connectivity index (χ0) is 14.8. The van der Waals surface area contributed by atoms with E-state index in [1.165, 1.54) is 0 Å². The number of hydrogen-bond acceptors (Lipinski definition) is 6. The average molecular weight is 297 g/mol. The maximum absolute atomic E-state index is 8.93. The van der Waals surface area contributed by atoms with E-state index in [0.29, 0.717) is 11.5 Å². The van der Waals surface area contributed by atoms with E-state index in [1.807, 2.05) is 12.1 Å². The number of thiazole rings is 1.